The van der Waals surface area contributed by atoms with Crippen molar-refractivity contribution in [2.75, 3.05) is 0 Å². The minimum atomic E-state index is -0.376. The summed E-state index contributed by atoms with van der Waals surface area (Å²) >= 11 is 0. The number of aromatic nitrogens is 1. The maximum Gasteiger partial charge on any atom is 0.286 e. The Bertz CT molecular complexity index is 973. The predicted molar refractivity (Wildman–Crippen MR) is 116 cm³/mol. The maximum atomic E-state index is 13.0. The van der Waals surface area contributed by atoms with Crippen molar-refractivity contribution in [3.63, 3.8) is 0 Å². The van der Waals surface area contributed by atoms with Crippen molar-refractivity contribution < 1.29 is 9.53 Å². The monoisotopic (exact) mass is 406 g/mol. The number of pyridine rings is 1. The summed E-state index contributed by atoms with van der Waals surface area (Å²) in [4.78, 5) is 17.2. The molecule has 0 aliphatic heterocycles. The van der Waals surface area contributed by atoms with E-state index in [-0.39, 0.29) is 28.9 Å². The average molecular weight is 407 g/mol. The Morgan fingerprint density at radius 3 is 2.43 bits per heavy atom. The maximum absolute atomic E-state index is 13.0. The highest BCUT2D eigenvalue weighted by molar-refractivity contribution is 5.92. The van der Waals surface area contributed by atoms with E-state index < -0.39 is 0 Å². The highest BCUT2D eigenvalue weighted by Crippen LogP contribution is 2.57. The predicted octanol–water partition coefficient (Wildman–Crippen LogP) is 4.02. The highest BCUT2D eigenvalue weighted by Gasteiger charge is 2.66. The van der Waals surface area contributed by atoms with Gasteiger partial charge in [-0.15, -0.1) is 0 Å². The molecule has 1 heterocycles. The van der Waals surface area contributed by atoms with Gasteiger partial charge >= 0.3 is 0 Å². The molecule has 2 N–H and O–H groups in total. The van der Waals surface area contributed by atoms with Gasteiger partial charge in [-0.3, -0.25) is 14.8 Å². The number of benzene rings is 1. The van der Waals surface area contributed by atoms with Crippen molar-refractivity contribution in [3.05, 3.63) is 58.9 Å². The SMILES string of the molecule is CCc1cc(OC2C(C)(C)C(N(N)C(=O)c3ccc(C)cn3)C2(C)C)ccc1C#N. The molecule has 6 heteroatoms. The van der Waals surface area contributed by atoms with Gasteiger partial charge in [0.2, 0.25) is 0 Å². The fourth-order valence-corrected chi connectivity index (χ4v) is 5.15. The number of hydrazine groups is 1. The van der Waals surface area contributed by atoms with E-state index in [1.807, 2.05) is 32.0 Å². The molecule has 1 aromatic carbocycles. The summed E-state index contributed by atoms with van der Waals surface area (Å²) < 4.78 is 6.39. The van der Waals surface area contributed by atoms with Crippen molar-refractivity contribution in [2.24, 2.45) is 16.7 Å². The summed E-state index contributed by atoms with van der Waals surface area (Å²) in [6.45, 7) is 12.2. The van der Waals surface area contributed by atoms with Crippen molar-refractivity contribution >= 4 is 5.91 Å². The third-order valence-electron chi connectivity index (χ3n) is 6.24. The van der Waals surface area contributed by atoms with Gasteiger partial charge in [0.1, 0.15) is 17.5 Å². The minimum Gasteiger partial charge on any atom is -0.489 e. The molecule has 2 aromatic rings. The number of carbonyl (C=O) groups is 1. The number of nitrogens with zero attached hydrogens (tertiary/aromatic N) is 3. The third-order valence-corrected chi connectivity index (χ3v) is 6.24. The van der Waals surface area contributed by atoms with Crippen LogP contribution < -0.4 is 10.6 Å². The van der Waals surface area contributed by atoms with Crippen LogP contribution in [0.2, 0.25) is 0 Å². The number of aryl methyl sites for hydroxylation is 2. The number of ether oxygens (including phenoxy) is 1. The topological polar surface area (TPSA) is 92.2 Å². The molecule has 0 unspecified atom stereocenters. The molecular weight excluding hydrogens is 376 g/mol. The second-order valence-electron chi connectivity index (χ2n) is 9.26. The fraction of sp³-hybridized carbons (Fsp3) is 0.458. The molecule has 0 radical (unpaired) electrons. The van der Waals surface area contributed by atoms with E-state index in [0.717, 1.165) is 23.3 Å². The van der Waals surface area contributed by atoms with Crippen LogP contribution >= 0.6 is 0 Å². The first-order valence-corrected chi connectivity index (χ1v) is 10.2. The Hall–Kier alpha value is -2.91. The lowest BCUT2D eigenvalue weighted by atomic mass is 9.49. The van der Waals surface area contributed by atoms with Gasteiger partial charge in [0.05, 0.1) is 17.7 Å². The van der Waals surface area contributed by atoms with Crippen LogP contribution in [0.15, 0.2) is 36.5 Å². The lowest BCUT2D eigenvalue weighted by Gasteiger charge is -2.64. The quantitative estimate of drug-likeness (QED) is 0.460. The third kappa shape index (κ3) is 3.54. The molecule has 3 rings (SSSR count). The van der Waals surface area contributed by atoms with Crippen LogP contribution in [0.5, 0.6) is 5.75 Å². The average Bonchev–Trinajstić information content (AvgIpc) is 2.71. The van der Waals surface area contributed by atoms with Crippen LogP contribution in [-0.2, 0) is 6.42 Å². The second-order valence-corrected chi connectivity index (χ2v) is 9.26. The minimum absolute atomic E-state index is 0.155. The first kappa shape index (κ1) is 21.8. The van der Waals surface area contributed by atoms with Gasteiger partial charge in [-0.25, -0.2) is 5.84 Å². The normalized spacial score (nSPS) is 21.3. The first-order chi connectivity index (χ1) is 14.0. The van der Waals surface area contributed by atoms with Crippen LogP contribution in [0.1, 0.15) is 61.8 Å². The second kappa shape index (κ2) is 7.73. The van der Waals surface area contributed by atoms with E-state index in [4.69, 9.17) is 10.6 Å². The molecule has 30 heavy (non-hydrogen) atoms. The molecule has 1 amide bonds. The molecular formula is C24H30N4O2. The summed E-state index contributed by atoms with van der Waals surface area (Å²) in [6, 6.07) is 11.1. The standard InChI is InChI=1S/C24H30N4O2/c1-7-16-12-18(10-9-17(16)13-25)30-22-23(3,4)21(24(22,5)6)28(26)20(29)19-11-8-15(2)14-27-19/h8-12,14,21-22H,7,26H2,1-6H3. The molecule has 0 spiro atoms. The van der Waals surface area contributed by atoms with E-state index in [1.54, 1.807) is 18.3 Å². The molecule has 1 aliphatic carbocycles. The zero-order valence-corrected chi connectivity index (χ0v) is 18.6. The molecule has 0 atom stereocenters. The Morgan fingerprint density at radius 2 is 1.90 bits per heavy atom. The lowest BCUT2D eigenvalue weighted by molar-refractivity contribution is -0.199. The van der Waals surface area contributed by atoms with Crippen molar-refractivity contribution in [2.45, 2.75) is 60.1 Å². The Balaban J connectivity index is 1.83. The number of nitrogens with two attached hydrogens (primary N) is 1. The van der Waals surface area contributed by atoms with Crippen LogP contribution in [0, 0.1) is 29.1 Å². The first-order valence-electron chi connectivity index (χ1n) is 10.2. The zero-order valence-electron chi connectivity index (χ0n) is 18.6. The summed E-state index contributed by atoms with van der Waals surface area (Å²) in [7, 11) is 0. The van der Waals surface area contributed by atoms with Gasteiger partial charge in [-0.2, -0.15) is 5.26 Å². The number of amides is 1. The Labute approximate surface area is 178 Å². The van der Waals surface area contributed by atoms with Crippen molar-refractivity contribution in [1.29, 1.82) is 5.26 Å². The number of carbonyl (C=O) groups excluding carboxylic acids is 1. The highest BCUT2D eigenvalue weighted by atomic mass is 16.5. The van der Waals surface area contributed by atoms with Gasteiger partial charge in [0.25, 0.3) is 5.91 Å². The van der Waals surface area contributed by atoms with Gasteiger partial charge < -0.3 is 4.74 Å². The summed E-state index contributed by atoms with van der Waals surface area (Å²) in [6.07, 6.45) is 2.27. The number of rotatable bonds is 5. The van der Waals surface area contributed by atoms with Gasteiger partial charge in [-0.1, -0.05) is 40.7 Å². The van der Waals surface area contributed by atoms with Crippen LogP contribution in [0.4, 0.5) is 0 Å². The largest absolute Gasteiger partial charge is 0.489 e. The molecule has 0 bridgehead atoms. The van der Waals surface area contributed by atoms with E-state index in [1.165, 1.54) is 5.01 Å². The van der Waals surface area contributed by atoms with Gasteiger partial charge in [0.15, 0.2) is 0 Å². The van der Waals surface area contributed by atoms with Crippen molar-refractivity contribution in [3.8, 4) is 11.8 Å². The van der Waals surface area contributed by atoms with E-state index in [2.05, 4.69) is 38.7 Å². The van der Waals surface area contributed by atoms with Gasteiger partial charge in [-0.05, 0) is 48.7 Å². The molecule has 158 valence electrons. The fourth-order valence-electron chi connectivity index (χ4n) is 5.15. The van der Waals surface area contributed by atoms with Crippen LogP contribution in [0.3, 0.4) is 0 Å². The molecule has 1 aromatic heterocycles. The smallest absolute Gasteiger partial charge is 0.286 e. The van der Waals surface area contributed by atoms with E-state index in [0.29, 0.717) is 11.3 Å². The molecule has 0 saturated heterocycles. The number of nitriles is 1. The molecule has 1 aliphatic rings. The Morgan fingerprint density at radius 1 is 1.23 bits per heavy atom. The summed E-state index contributed by atoms with van der Waals surface area (Å²) in [5.41, 5.74) is 2.19. The molecule has 6 nitrogen and oxygen atoms in total. The number of hydrogen-bond acceptors (Lipinski definition) is 5. The van der Waals surface area contributed by atoms with Crippen LogP contribution in [-0.4, -0.2) is 28.0 Å². The van der Waals surface area contributed by atoms with Crippen LogP contribution in [0.25, 0.3) is 0 Å². The summed E-state index contributed by atoms with van der Waals surface area (Å²) in [5.74, 6) is 6.76. The van der Waals surface area contributed by atoms with E-state index >= 15 is 0 Å². The number of hydrogen-bond donors (Lipinski definition) is 1. The lowest BCUT2D eigenvalue weighted by Crippen LogP contribution is -2.76. The van der Waals surface area contributed by atoms with Crippen molar-refractivity contribution in [1.82, 2.24) is 9.99 Å². The Kier molecular flexibility index (Phi) is 5.62. The summed E-state index contributed by atoms with van der Waals surface area (Å²) in [5, 5.41) is 10.6. The van der Waals surface area contributed by atoms with E-state index in [9.17, 15) is 10.1 Å². The molecule has 1 saturated carbocycles. The molecule has 1 fully saturated rings. The van der Waals surface area contributed by atoms with Gasteiger partial charge in [0, 0.05) is 17.0 Å². The zero-order chi connectivity index (χ0) is 22.3.